The fourth-order valence-electron chi connectivity index (χ4n) is 0.964. The molecule has 0 rings (SSSR count). The summed E-state index contributed by atoms with van der Waals surface area (Å²) < 4.78 is 27.9. The van der Waals surface area contributed by atoms with E-state index in [1.165, 1.54) is 0 Å². The zero-order valence-electron chi connectivity index (χ0n) is 9.58. The number of aliphatic hydroxyl groups excluding tert-OH is 1. The summed E-state index contributed by atoms with van der Waals surface area (Å²) in [5, 5.41) is 11.5. The van der Waals surface area contributed by atoms with Crippen molar-refractivity contribution in [3.8, 4) is 0 Å². The van der Waals surface area contributed by atoms with Gasteiger partial charge in [0, 0.05) is 19.1 Å². The minimum absolute atomic E-state index is 0.0106. The Hall–Kier alpha value is -0.750. The number of alkyl halides is 2. The number of rotatable bonds is 8. The number of hydrogen-bond acceptors (Lipinski definition) is 3. The molecule has 4 nitrogen and oxygen atoms in total. The first kappa shape index (κ1) is 15.2. The van der Waals surface area contributed by atoms with E-state index in [-0.39, 0.29) is 37.5 Å². The number of ether oxygens (including phenoxy) is 1. The highest BCUT2D eigenvalue weighted by Gasteiger charge is 2.13. The van der Waals surface area contributed by atoms with Crippen molar-refractivity contribution in [3.63, 3.8) is 0 Å². The number of nitrogens with one attached hydrogen (secondary N) is 1. The molecular weight excluding hydrogens is 220 g/mol. The Bertz CT molecular complexity index is 203. The number of carbonyl (C=O) groups is 1. The van der Waals surface area contributed by atoms with Crippen molar-refractivity contribution in [2.24, 2.45) is 5.92 Å². The summed E-state index contributed by atoms with van der Waals surface area (Å²) in [7, 11) is 0. The predicted octanol–water partition coefficient (Wildman–Crippen LogP) is 0.791. The summed E-state index contributed by atoms with van der Waals surface area (Å²) in [6.45, 7) is 2.91. The molecule has 96 valence electrons. The third-order valence-electron chi connectivity index (χ3n) is 2.25. The number of amides is 1. The minimum Gasteiger partial charge on any atom is -0.396 e. The topological polar surface area (TPSA) is 58.6 Å². The van der Waals surface area contributed by atoms with Gasteiger partial charge in [-0.25, -0.2) is 8.78 Å². The highest BCUT2D eigenvalue weighted by Crippen LogP contribution is 2.01. The summed E-state index contributed by atoms with van der Waals surface area (Å²) in [4.78, 5) is 11.3. The second kappa shape index (κ2) is 8.41. The summed E-state index contributed by atoms with van der Waals surface area (Å²) >= 11 is 0. The summed E-state index contributed by atoms with van der Waals surface area (Å²) in [6, 6.07) is -0.146. The normalized spacial score (nSPS) is 14.9. The molecule has 2 atom stereocenters. The van der Waals surface area contributed by atoms with Crippen molar-refractivity contribution in [2.45, 2.75) is 32.7 Å². The van der Waals surface area contributed by atoms with Gasteiger partial charge in [0.15, 0.2) is 0 Å². The highest BCUT2D eigenvalue weighted by molar-refractivity contribution is 5.76. The van der Waals surface area contributed by atoms with Crippen LogP contribution >= 0.6 is 0 Å². The number of carbonyl (C=O) groups excluding carboxylic acids is 1. The largest absolute Gasteiger partial charge is 0.396 e. The van der Waals surface area contributed by atoms with Crippen LogP contribution in [0, 0.1) is 5.92 Å². The Kier molecular flexibility index (Phi) is 8.01. The lowest BCUT2D eigenvalue weighted by Crippen LogP contribution is -2.38. The van der Waals surface area contributed by atoms with E-state index in [4.69, 9.17) is 5.11 Å². The molecule has 0 saturated carbocycles. The van der Waals surface area contributed by atoms with Crippen LogP contribution in [0.2, 0.25) is 0 Å². The Morgan fingerprint density at radius 3 is 2.56 bits per heavy atom. The third-order valence-corrected chi connectivity index (χ3v) is 2.25. The lowest BCUT2D eigenvalue weighted by Gasteiger charge is -2.19. The van der Waals surface area contributed by atoms with E-state index in [1.807, 2.05) is 0 Å². The SMILES string of the molecule is CC(CO)C(C)NC(=O)CCOCC(F)F. The predicted molar refractivity (Wildman–Crippen MR) is 55.3 cm³/mol. The van der Waals surface area contributed by atoms with Crippen molar-refractivity contribution in [3.05, 3.63) is 0 Å². The maximum absolute atomic E-state index is 11.7. The van der Waals surface area contributed by atoms with Gasteiger partial charge in [-0.15, -0.1) is 0 Å². The van der Waals surface area contributed by atoms with Gasteiger partial charge in [0.25, 0.3) is 6.43 Å². The molecule has 16 heavy (non-hydrogen) atoms. The molecule has 0 fully saturated rings. The molecule has 0 aromatic carbocycles. The monoisotopic (exact) mass is 239 g/mol. The van der Waals surface area contributed by atoms with Gasteiger partial charge < -0.3 is 15.2 Å². The van der Waals surface area contributed by atoms with Crippen molar-refractivity contribution >= 4 is 5.91 Å². The minimum atomic E-state index is -2.50. The zero-order valence-corrected chi connectivity index (χ0v) is 9.58. The molecule has 2 N–H and O–H groups in total. The molecule has 0 saturated heterocycles. The Morgan fingerprint density at radius 1 is 1.44 bits per heavy atom. The second-order valence-corrected chi connectivity index (χ2v) is 3.73. The van der Waals surface area contributed by atoms with E-state index in [2.05, 4.69) is 10.1 Å². The van der Waals surface area contributed by atoms with E-state index in [0.29, 0.717) is 0 Å². The van der Waals surface area contributed by atoms with Crippen LogP contribution in [0.4, 0.5) is 8.78 Å². The average molecular weight is 239 g/mol. The molecular formula is C10H19F2NO3. The Morgan fingerprint density at radius 2 is 2.06 bits per heavy atom. The van der Waals surface area contributed by atoms with Crippen molar-refractivity contribution in [1.82, 2.24) is 5.32 Å². The number of halogens is 2. The summed E-state index contributed by atoms with van der Waals surface area (Å²) in [6.07, 6.45) is -2.45. The third kappa shape index (κ3) is 7.53. The lowest BCUT2D eigenvalue weighted by atomic mass is 10.1. The highest BCUT2D eigenvalue weighted by atomic mass is 19.3. The Labute approximate surface area is 94.0 Å². The maximum Gasteiger partial charge on any atom is 0.261 e. The first-order valence-corrected chi connectivity index (χ1v) is 5.23. The van der Waals surface area contributed by atoms with Crippen LogP contribution < -0.4 is 5.32 Å². The van der Waals surface area contributed by atoms with Crippen LogP contribution in [0.15, 0.2) is 0 Å². The number of hydrogen-bond donors (Lipinski definition) is 2. The van der Waals surface area contributed by atoms with Gasteiger partial charge in [0.2, 0.25) is 5.91 Å². The van der Waals surface area contributed by atoms with E-state index in [0.717, 1.165) is 0 Å². The molecule has 0 spiro atoms. The van der Waals surface area contributed by atoms with E-state index >= 15 is 0 Å². The van der Waals surface area contributed by atoms with E-state index < -0.39 is 13.0 Å². The molecule has 0 aromatic heterocycles. The van der Waals surface area contributed by atoms with Gasteiger partial charge in [0.05, 0.1) is 6.61 Å². The second-order valence-electron chi connectivity index (χ2n) is 3.73. The van der Waals surface area contributed by atoms with Gasteiger partial charge >= 0.3 is 0 Å². The van der Waals surface area contributed by atoms with Crippen molar-refractivity contribution in [1.29, 1.82) is 0 Å². The molecule has 1 amide bonds. The van der Waals surface area contributed by atoms with E-state index in [1.54, 1.807) is 13.8 Å². The first-order valence-electron chi connectivity index (χ1n) is 5.23. The first-order chi connectivity index (χ1) is 7.47. The van der Waals surface area contributed by atoms with Crippen LogP contribution in [0.5, 0.6) is 0 Å². The molecule has 0 heterocycles. The number of aliphatic hydroxyl groups is 1. The lowest BCUT2D eigenvalue weighted by molar-refractivity contribution is -0.123. The molecule has 0 bridgehead atoms. The maximum atomic E-state index is 11.7. The van der Waals surface area contributed by atoms with Crippen LogP contribution in [0.1, 0.15) is 20.3 Å². The summed E-state index contributed by atoms with van der Waals surface area (Å²) in [5.74, 6) is -0.298. The average Bonchev–Trinajstić information content (AvgIpc) is 2.22. The van der Waals surface area contributed by atoms with Gasteiger partial charge in [-0.3, -0.25) is 4.79 Å². The smallest absolute Gasteiger partial charge is 0.261 e. The Balaban J connectivity index is 3.58. The van der Waals surface area contributed by atoms with Crippen LogP contribution in [-0.4, -0.2) is 43.3 Å². The van der Waals surface area contributed by atoms with Gasteiger partial charge in [-0.2, -0.15) is 0 Å². The van der Waals surface area contributed by atoms with Crippen LogP contribution in [0.3, 0.4) is 0 Å². The van der Waals surface area contributed by atoms with Crippen molar-refractivity contribution < 1.29 is 23.4 Å². The fourth-order valence-corrected chi connectivity index (χ4v) is 0.964. The molecule has 0 radical (unpaired) electrons. The van der Waals surface area contributed by atoms with Gasteiger partial charge in [-0.05, 0) is 12.8 Å². The van der Waals surface area contributed by atoms with Gasteiger partial charge in [-0.1, -0.05) is 6.92 Å². The molecule has 0 aliphatic carbocycles. The van der Waals surface area contributed by atoms with E-state index in [9.17, 15) is 13.6 Å². The van der Waals surface area contributed by atoms with Crippen LogP contribution in [0.25, 0.3) is 0 Å². The molecule has 2 unspecified atom stereocenters. The van der Waals surface area contributed by atoms with Crippen LogP contribution in [-0.2, 0) is 9.53 Å². The molecule has 0 aliphatic rings. The van der Waals surface area contributed by atoms with Gasteiger partial charge in [0.1, 0.15) is 6.61 Å². The molecule has 6 heteroatoms. The molecule has 0 aromatic rings. The molecule has 0 aliphatic heterocycles. The van der Waals surface area contributed by atoms with Crippen molar-refractivity contribution in [2.75, 3.05) is 19.8 Å². The zero-order chi connectivity index (χ0) is 12.6. The quantitative estimate of drug-likeness (QED) is 0.616. The standard InChI is InChI=1S/C10H19F2NO3/c1-7(5-14)8(2)13-10(15)3-4-16-6-9(11)12/h7-9,14H,3-6H2,1-2H3,(H,13,15). The fraction of sp³-hybridized carbons (Fsp3) is 0.900. The summed E-state index contributed by atoms with van der Waals surface area (Å²) in [5.41, 5.74) is 0.